The monoisotopic (exact) mass is 309 g/mol. The van der Waals surface area contributed by atoms with E-state index >= 15 is 0 Å². The van der Waals surface area contributed by atoms with Gasteiger partial charge in [0, 0.05) is 17.5 Å². The second-order valence-corrected chi connectivity index (χ2v) is 5.90. The molecular formula is C19H19NO3. The molecule has 0 aromatic heterocycles. The zero-order chi connectivity index (χ0) is 16.3. The minimum atomic E-state index is -0.405. The Hall–Kier alpha value is -2.62. The maximum absolute atomic E-state index is 12.3. The second-order valence-electron chi connectivity index (χ2n) is 5.90. The molecule has 0 atom stereocenters. The number of carbonyl (C=O) groups is 2. The Morgan fingerprint density at radius 3 is 2.17 bits per heavy atom. The summed E-state index contributed by atoms with van der Waals surface area (Å²) >= 11 is 0. The molecule has 3 rings (SSSR count). The first-order valence-electron chi connectivity index (χ1n) is 7.67. The van der Waals surface area contributed by atoms with Crippen molar-refractivity contribution in [1.82, 2.24) is 5.32 Å². The van der Waals surface area contributed by atoms with E-state index in [1.807, 2.05) is 18.2 Å². The molecule has 2 aromatic rings. The molecule has 23 heavy (non-hydrogen) atoms. The Morgan fingerprint density at radius 1 is 1.00 bits per heavy atom. The van der Waals surface area contributed by atoms with Crippen LogP contribution < -0.4 is 5.32 Å². The fraction of sp³-hybridized carbons (Fsp3) is 0.263. The molecule has 0 aliphatic heterocycles. The maximum Gasteiger partial charge on any atom is 0.337 e. The van der Waals surface area contributed by atoms with E-state index in [-0.39, 0.29) is 11.3 Å². The second kappa shape index (κ2) is 6.24. The summed E-state index contributed by atoms with van der Waals surface area (Å²) in [6.45, 7) is 0.634. The predicted octanol–water partition coefficient (Wildman–Crippen LogP) is 2.93. The quantitative estimate of drug-likeness (QED) is 0.864. The predicted molar refractivity (Wildman–Crippen MR) is 87.5 cm³/mol. The summed E-state index contributed by atoms with van der Waals surface area (Å²) < 4.78 is 4.65. The van der Waals surface area contributed by atoms with Crippen molar-refractivity contribution in [2.24, 2.45) is 0 Å². The summed E-state index contributed by atoms with van der Waals surface area (Å²) in [5, 5.41) is 3.01. The Balaban J connectivity index is 1.63. The number of ether oxygens (including phenoxy) is 1. The third kappa shape index (κ3) is 3.26. The zero-order valence-electron chi connectivity index (χ0n) is 13.0. The maximum atomic E-state index is 12.3. The first kappa shape index (κ1) is 15.3. The number of esters is 1. The summed E-state index contributed by atoms with van der Waals surface area (Å²) in [6.07, 6.45) is 2.19. The SMILES string of the molecule is COC(=O)c1ccc(C(=O)NCC2(c3ccccc3)CC2)cc1. The van der Waals surface area contributed by atoms with Crippen LogP contribution in [0.1, 0.15) is 39.1 Å². The first-order chi connectivity index (χ1) is 11.1. The van der Waals surface area contributed by atoms with Gasteiger partial charge in [0.25, 0.3) is 5.91 Å². The minimum absolute atomic E-state index is 0.0862. The zero-order valence-corrected chi connectivity index (χ0v) is 13.0. The summed E-state index contributed by atoms with van der Waals surface area (Å²) in [5.41, 5.74) is 2.35. The van der Waals surface area contributed by atoms with E-state index in [0.717, 1.165) is 12.8 Å². The summed E-state index contributed by atoms with van der Waals surface area (Å²) in [6, 6.07) is 16.8. The lowest BCUT2D eigenvalue weighted by Gasteiger charge is -2.16. The van der Waals surface area contributed by atoms with Gasteiger partial charge in [-0.1, -0.05) is 30.3 Å². The average molecular weight is 309 g/mol. The van der Waals surface area contributed by atoms with Crippen molar-refractivity contribution in [1.29, 1.82) is 0 Å². The number of rotatable bonds is 5. The van der Waals surface area contributed by atoms with E-state index < -0.39 is 5.97 Å². The van der Waals surface area contributed by atoms with Crippen LogP contribution in [0, 0.1) is 0 Å². The van der Waals surface area contributed by atoms with Crippen molar-refractivity contribution in [2.45, 2.75) is 18.3 Å². The van der Waals surface area contributed by atoms with Gasteiger partial charge >= 0.3 is 5.97 Å². The largest absolute Gasteiger partial charge is 0.465 e. The highest BCUT2D eigenvalue weighted by molar-refractivity contribution is 5.96. The van der Waals surface area contributed by atoms with E-state index in [1.54, 1.807) is 24.3 Å². The van der Waals surface area contributed by atoms with E-state index in [0.29, 0.717) is 17.7 Å². The molecule has 0 saturated heterocycles. The van der Waals surface area contributed by atoms with Gasteiger partial charge in [0.2, 0.25) is 0 Å². The number of amides is 1. The molecule has 1 fully saturated rings. The van der Waals surface area contributed by atoms with E-state index in [4.69, 9.17) is 0 Å². The van der Waals surface area contributed by atoms with Crippen LogP contribution in [0.5, 0.6) is 0 Å². The molecular weight excluding hydrogens is 290 g/mol. The fourth-order valence-corrected chi connectivity index (χ4v) is 2.74. The number of carbonyl (C=O) groups excluding carboxylic acids is 2. The fourth-order valence-electron chi connectivity index (χ4n) is 2.74. The van der Waals surface area contributed by atoms with Gasteiger partial charge in [-0.05, 0) is 42.7 Å². The van der Waals surface area contributed by atoms with Crippen molar-refractivity contribution >= 4 is 11.9 Å². The highest BCUT2D eigenvalue weighted by atomic mass is 16.5. The molecule has 0 heterocycles. The Bertz CT molecular complexity index is 703. The standard InChI is InChI=1S/C19H19NO3/c1-23-18(22)15-9-7-14(8-10-15)17(21)20-13-19(11-12-19)16-5-3-2-4-6-16/h2-10H,11-13H2,1H3,(H,20,21). The van der Waals surface area contributed by atoms with Gasteiger partial charge in [0.1, 0.15) is 0 Å². The van der Waals surface area contributed by atoms with Crippen LogP contribution in [0.15, 0.2) is 54.6 Å². The number of hydrogen-bond acceptors (Lipinski definition) is 3. The number of benzene rings is 2. The lowest BCUT2D eigenvalue weighted by molar-refractivity contribution is 0.0600. The molecule has 1 amide bonds. The van der Waals surface area contributed by atoms with Gasteiger partial charge in [0.05, 0.1) is 12.7 Å². The third-order valence-corrected chi connectivity index (χ3v) is 4.40. The summed E-state index contributed by atoms with van der Waals surface area (Å²) in [5.74, 6) is -0.526. The molecule has 4 nitrogen and oxygen atoms in total. The number of nitrogens with one attached hydrogen (secondary N) is 1. The Kier molecular flexibility index (Phi) is 4.15. The minimum Gasteiger partial charge on any atom is -0.465 e. The Morgan fingerprint density at radius 2 is 1.61 bits per heavy atom. The smallest absolute Gasteiger partial charge is 0.337 e. The molecule has 4 heteroatoms. The normalized spacial score (nSPS) is 14.8. The van der Waals surface area contributed by atoms with Gasteiger partial charge in [-0.2, -0.15) is 0 Å². The van der Waals surface area contributed by atoms with Crippen LogP contribution in [0.25, 0.3) is 0 Å². The van der Waals surface area contributed by atoms with Crippen molar-refractivity contribution in [2.75, 3.05) is 13.7 Å². The highest BCUT2D eigenvalue weighted by Gasteiger charge is 2.44. The van der Waals surface area contributed by atoms with Crippen molar-refractivity contribution < 1.29 is 14.3 Å². The summed E-state index contributed by atoms with van der Waals surface area (Å²) in [7, 11) is 1.33. The van der Waals surface area contributed by atoms with Crippen molar-refractivity contribution in [3.8, 4) is 0 Å². The molecule has 0 radical (unpaired) electrons. The van der Waals surface area contributed by atoms with Crippen LogP contribution in [0.3, 0.4) is 0 Å². The van der Waals surface area contributed by atoms with Crippen LogP contribution in [-0.2, 0) is 10.2 Å². The molecule has 2 aromatic carbocycles. The van der Waals surface area contributed by atoms with Crippen molar-refractivity contribution in [3.63, 3.8) is 0 Å². The average Bonchev–Trinajstić information content (AvgIpc) is 3.41. The first-order valence-corrected chi connectivity index (χ1v) is 7.67. The van der Waals surface area contributed by atoms with E-state index in [2.05, 4.69) is 22.2 Å². The summed E-state index contributed by atoms with van der Waals surface area (Å²) in [4.78, 5) is 23.7. The van der Waals surface area contributed by atoms with Crippen LogP contribution in [0.4, 0.5) is 0 Å². The lowest BCUT2D eigenvalue weighted by atomic mass is 9.96. The van der Waals surface area contributed by atoms with Gasteiger partial charge in [-0.15, -0.1) is 0 Å². The third-order valence-electron chi connectivity index (χ3n) is 4.40. The molecule has 1 aliphatic carbocycles. The van der Waals surface area contributed by atoms with E-state index in [1.165, 1.54) is 12.7 Å². The Labute approximate surface area is 135 Å². The molecule has 0 spiro atoms. The number of hydrogen-bond donors (Lipinski definition) is 1. The van der Waals surface area contributed by atoms with Gasteiger partial charge in [0.15, 0.2) is 0 Å². The molecule has 1 saturated carbocycles. The van der Waals surface area contributed by atoms with E-state index in [9.17, 15) is 9.59 Å². The molecule has 1 aliphatic rings. The lowest BCUT2D eigenvalue weighted by Crippen LogP contribution is -2.32. The van der Waals surface area contributed by atoms with Crippen LogP contribution >= 0.6 is 0 Å². The molecule has 1 N–H and O–H groups in total. The van der Waals surface area contributed by atoms with Gasteiger partial charge in [-0.25, -0.2) is 4.79 Å². The van der Waals surface area contributed by atoms with Gasteiger partial charge < -0.3 is 10.1 Å². The van der Waals surface area contributed by atoms with Gasteiger partial charge in [-0.3, -0.25) is 4.79 Å². The van der Waals surface area contributed by atoms with Crippen LogP contribution in [0.2, 0.25) is 0 Å². The molecule has 0 unspecified atom stereocenters. The van der Waals surface area contributed by atoms with Crippen molar-refractivity contribution in [3.05, 3.63) is 71.3 Å². The molecule has 0 bridgehead atoms. The number of methoxy groups -OCH3 is 1. The molecule has 118 valence electrons. The highest BCUT2D eigenvalue weighted by Crippen LogP contribution is 2.47. The topological polar surface area (TPSA) is 55.4 Å². The van der Waals surface area contributed by atoms with Crippen LogP contribution in [-0.4, -0.2) is 25.5 Å².